The van der Waals surface area contributed by atoms with Crippen molar-refractivity contribution in [3.05, 3.63) is 33.1 Å². The van der Waals surface area contributed by atoms with Gasteiger partial charge in [0.05, 0.1) is 6.54 Å². The second kappa shape index (κ2) is 7.10. The third kappa shape index (κ3) is 3.78. The van der Waals surface area contributed by atoms with Crippen molar-refractivity contribution in [3.8, 4) is 12.3 Å². The van der Waals surface area contributed by atoms with E-state index < -0.39 is 41.9 Å². The number of ether oxygens (including phenoxy) is 2. The predicted molar refractivity (Wildman–Crippen MR) is 75.4 cm³/mol. The van der Waals surface area contributed by atoms with Crippen LogP contribution in [0.3, 0.4) is 0 Å². The molecule has 1 aromatic heterocycles. The molecule has 1 fully saturated rings. The van der Waals surface area contributed by atoms with E-state index in [1.54, 1.807) is 0 Å². The van der Waals surface area contributed by atoms with Crippen molar-refractivity contribution >= 4 is 6.09 Å². The second-order valence-corrected chi connectivity index (χ2v) is 4.72. The molecule has 2 rings (SSSR count). The summed E-state index contributed by atoms with van der Waals surface area (Å²) in [4.78, 5) is 36.0. The molecule has 1 aliphatic rings. The maximum atomic E-state index is 11.7. The summed E-state index contributed by atoms with van der Waals surface area (Å²) in [5, 5.41) is 22.1. The first kappa shape index (κ1) is 16.8. The van der Waals surface area contributed by atoms with Crippen LogP contribution in [-0.2, 0) is 9.47 Å². The molecule has 2 heterocycles. The molecule has 10 heteroatoms. The molecule has 4 atom stereocenters. The fourth-order valence-corrected chi connectivity index (χ4v) is 2.06. The lowest BCUT2D eigenvalue weighted by molar-refractivity contribution is -0.0569. The van der Waals surface area contributed by atoms with Gasteiger partial charge in [-0.2, -0.15) is 0 Å². The fourth-order valence-electron chi connectivity index (χ4n) is 2.06. The molecule has 10 nitrogen and oxygen atoms in total. The van der Waals surface area contributed by atoms with Gasteiger partial charge in [-0.15, -0.1) is 6.42 Å². The molecule has 0 radical (unpaired) electrons. The summed E-state index contributed by atoms with van der Waals surface area (Å²) in [7, 11) is 0. The van der Waals surface area contributed by atoms with Gasteiger partial charge in [0.1, 0.15) is 24.9 Å². The monoisotopic (exact) mass is 325 g/mol. The molecule has 0 bridgehead atoms. The van der Waals surface area contributed by atoms with Crippen molar-refractivity contribution in [2.75, 3.05) is 13.2 Å². The molecule has 0 saturated carbocycles. The minimum atomic E-state index is -1.44. The van der Waals surface area contributed by atoms with Gasteiger partial charge in [0.25, 0.3) is 5.56 Å². The molecule has 1 saturated heterocycles. The molecule has 4 N–H and O–H groups in total. The number of alkyl carbamates (subject to hydrolysis) is 1. The molecule has 1 unspecified atom stereocenters. The van der Waals surface area contributed by atoms with E-state index in [1.165, 1.54) is 0 Å². The van der Waals surface area contributed by atoms with Gasteiger partial charge in [-0.3, -0.25) is 14.3 Å². The number of aromatic amines is 1. The van der Waals surface area contributed by atoms with Crippen molar-refractivity contribution < 1.29 is 24.5 Å². The van der Waals surface area contributed by atoms with E-state index in [9.17, 15) is 24.6 Å². The Morgan fingerprint density at radius 1 is 1.48 bits per heavy atom. The van der Waals surface area contributed by atoms with Gasteiger partial charge in [0, 0.05) is 12.3 Å². The molecular formula is C13H15N3O7. The van der Waals surface area contributed by atoms with Gasteiger partial charge in [0.15, 0.2) is 6.23 Å². The first-order chi connectivity index (χ1) is 10.9. The minimum Gasteiger partial charge on any atom is -0.447 e. The van der Waals surface area contributed by atoms with Gasteiger partial charge in [-0.25, -0.2) is 9.59 Å². The van der Waals surface area contributed by atoms with Gasteiger partial charge < -0.3 is 25.0 Å². The average Bonchev–Trinajstić information content (AvgIpc) is 2.79. The molecule has 23 heavy (non-hydrogen) atoms. The summed E-state index contributed by atoms with van der Waals surface area (Å²) in [6.45, 7) is -0.381. The van der Waals surface area contributed by atoms with Crippen LogP contribution in [0.2, 0.25) is 0 Å². The van der Waals surface area contributed by atoms with Crippen LogP contribution < -0.4 is 16.6 Å². The van der Waals surface area contributed by atoms with E-state index in [0.29, 0.717) is 0 Å². The first-order valence-corrected chi connectivity index (χ1v) is 6.61. The quantitative estimate of drug-likeness (QED) is 0.449. The molecule has 124 valence electrons. The van der Waals surface area contributed by atoms with Crippen molar-refractivity contribution in [2.45, 2.75) is 24.5 Å². The van der Waals surface area contributed by atoms with Crippen LogP contribution in [-0.4, -0.2) is 57.3 Å². The summed E-state index contributed by atoms with van der Waals surface area (Å²) in [5.41, 5.74) is -1.41. The lowest BCUT2D eigenvalue weighted by atomic mass is 10.1. The number of terminal acetylenes is 1. The SMILES string of the molecule is C#CCNC(=O)OC[C@H]1O[C@@H](n2ccc(=O)[nH]c2=O)[C@@H](O)C1O. The maximum Gasteiger partial charge on any atom is 0.407 e. The summed E-state index contributed by atoms with van der Waals surface area (Å²) in [6.07, 6.45) is 0.180. The van der Waals surface area contributed by atoms with Crippen molar-refractivity contribution in [3.63, 3.8) is 0 Å². The number of carbonyl (C=O) groups excluding carboxylic acids is 1. The number of amides is 1. The van der Waals surface area contributed by atoms with Crippen molar-refractivity contribution in [1.82, 2.24) is 14.9 Å². The van der Waals surface area contributed by atoms with Gasteiger partial charge >= 0.3 is 11.8 Å². The molecule has 0 spiro atoms. The Kier molecular flexibility index (Phi) is 5.17. The first-order valence-electron chi connectivity index (χ1n) is 6.61. The van der Waals surface area contributed by atoms with E-state index in [1.807, 2.05) is 4.98 Å². The lowest BCUT2D eigenvalue weighted by Gasteiger charge is -2.16. The fraction of sp³-hybridized carbons (Fsp3) is 0.462. The highest BCUT2D eigenvalue weighted by Crippen LogP contribution is 2.28. The van der Waals surface area contributed by atoms with Crippen LogP contribution in [0.4, 0.5) is 4.79 Å². The van der Waals surface area contributed by atoms with E-state index >= 15 is 0 Å². The molecular weight excluding hydrogens is 310 g/mol. The van der Waals surface area contributed by atoms with E-state index in [2.05, 4.69) is 11.2 Å². The zero-order valence-corrected chi connectivity index (χ0v) is 11.8. The second-order valence-electron chi connectivity index (χ2n) is 4.72. The summed E-state index contributed by atoms with van der Waals surface area (Å²) in [6, 6.07) is 1.07. The third-order valence-electron chi connectivity index (χ3n) is 3.18. The zero-order chi connectivity index (χ0) is 17.0. The number of nitrogens with zero attached hydrogens (tertiary/aromatic N) is 1. The number of carbonyl (C=O) groups is 1. The molecule has 1 amide bonds. The van der Waals surface area contributed by atoms with Crippen LogP contribution in [0, 0.1) is 12.3 Å². The van der Waals surface area contributed by atoms with Crippen LogP contribution in [0.5, 0.6) is 0 Å². The number of H-pyrrole nitrogens is 1. The summed E-state index contributed by atoms with van der Waals surface area (Å²) < 4.78 is 11.1. The van der Waals surface area contributed by atoms with Gasteiger partial charge in [-0.05, 0) is 0 Å². The smallest absolute Gasteiger partial charge is 0.407 e. The lowest BCUT2D eigenvalue weighted by Crippen LogP contribution is -2.38. The Balaban J connectivity index is 2.03. The Bertz CT molecular complexity index is 719. The number of aromatic nitrogens is 2. The number of aliphatic hydroxyl groups excluding tert-OH is 2. The number of hydrogen-bond donors (Lipinski definition) is 4. The topological polar surface area (TPSA) is 143 Å². The highest BCUT2D eigenvalue weighted by atomic mass is 16.6. The highest BCUT2D eigenvalue weighted by Gasteiger charge is 2.44. The van der Waals surface area contributed by atoms with Crippen molar-refractivity contribution in [1.29, 1.82) is 0 Å². The van der Waals surface area contributed by atoms with E-state index in [4.69, 9.17) is 15.9 Å². The van der Waals surface area contributed by atoms with Crippen LogP contribution in [0.1, 0.15) is 6.23 Å². The summed E-state index contributed by atoms with van der Waals surface area (Å²) in [5.74, 6) is 2.18. The van der Waals surface area contributed by atoms with E-state index in [-0.39, 0.29) is 13.2 Å². The van der Waals surface area contributed by atoms with Crippen LogP contribution >= 0.6 is 0 Å². The van der Waals surface area contributed by atoms with Crippen LogP contribution in [0.15, 0.2) is 21.9 Å². The van der Waals surface area contributed by atoms with Crippen molar-refractivity contribution in [2.24, 2.45) is 0 Å². The standard InChI is InChI=1S/C13H15N3O7/c1-2-4-14-13(21)22-6-7-9(18)10(19)11(23-7)16-5-3-8(17)15-12(16)20/h1,3,5,7,9-11,18-19H,4,6H2,(H,14,21)(H,15,17,20)/t7-,9?,10+,11-/m1/s1. The summed E-state index contributed by atoms with van der Waals surface area (Å²) >= 11 is 0. The zero-order valence-electron chi connectivity index (χ0n) is 11.8. The molecule has 1 aromatic rings. The minimum absolute atomic E-state index is 0.0229. The third-order valence-corrected chi connectivity index (χ3v) is 3.18. The Hall–Kier alpha value is -2.61. The Morgan fingerprint density at radius 2 is 2.22 bits per heavy atom. The average molecular weight is 325 g/mol. The molecule has 0 aromatic carbocycles. The van der Waals surface area contributed by atoms with Gasteiger partial charge in [0.2, 0.25) is 0 Å². The molecule has 1 aliphatic heterocycles. The normalized spacial score (nSPS) is 26.5. The largest absolute Gasteiger partial charge is 0.447 e. The Labute approximate surface area is 129 Å². The van der Waals surface area contributed by atoms with E-state index in [0.717, 1.165) is 16.8 Å². The maximum absolute atomic E-state index is 11.7. The Morgan fingerprint density at radius 3 is 2.87 bits per heavy atom. The highest BCUT2D eigenvalue weighted by molar-refractivity contribution is 5.67. The molecule has 0 aliphatic carbocycles. The number of aliphatic hydroxyl groups is 2. The van der Waals surface area contributed by atoms with Crippen LogP contribution in [0.25, 0.3) is 0 Å². The van der Waals surface area contributed by atoms with Gasteiger partial charge in [-0.1, -0.05) is 5.92 Å². The number of rotatable bonds is 4. The number of hydrogen-bond acceptors (Lipinski definition) is 7. The predicted octanol–water partition coefficient (Wildman–Crippen LogP) is -2.48. The number of nitrogens with one attached hydrogen (secondary N) is 2.